The molecule has 0 saturated heterocycles. The number of allylic oxidation sites excluding steroid dienone is 1. The number of nitrogens with zero attached hydrogens (tertiary/aromatic N) is 2. The number of carbonyl (C=O) groups excluding carboxylic acids is 1. The third-order valence-corrected chi connectivity index (χ3v) is 2.30. The molecule has 17 heavy (non-hydrogen) atoms. The maximum atomic E-state index is 11.6. The van der Waals surface area contributed by atoms with Crippen molar-refractivity contribution in [3.05, 3.63) is 23.7 Å². The number of hydrogen-bond donors (Lipinski definition) is 1. The minimum Gasteiger partial charge on any atom is -0.461 e. The first kappa shape index (κ1) is 13.3. The van der Waals surface area contributed by atoms with Gasteiger partial charge < -0.3 is 15.0 Å². The van der Waals surface area contributed by atoms with Crippen LogP contribution in [0.3, 0.4) is 0 Å². The maximum absolute atomic E-state index is 11.6. The highest BCUT2D eigenvalue weighted by molar-refractivity contribution is 5.92. The fourth-order valence-corrected chi connectivity index (χ4v) is 1.58. The highest BCUT2D eigenvalue weighted by Crippen LogP contribution is 2.17. The molecule has 0 radical (unpaired) electrons. The molecule has 0 fully saturated rings. The Bertz CT molecular complexity index is 435. The van der Waals surface area contributed by atoms with Crippen LogP contribution < -0.4 is 5.73 Å². The number of nitrogens with two attached hydrogens (primary N) is 1. The Balaban J connectivity index is 3.13. The fraction of sp³-hybridized carbons (Fsp3) is 0.500. The van der Waals surface area contributed by atoms with Gasteiger partial charge in [0.05, 0.1) is 6.61 Å². The predicted molar refractivity (Wildman–Crippen MR) is 66.8 cm³/mol. The Morgan fingerprint density at radius 1 is 1.53 bits per heavy atom. The molecule has 0 aliphatic rings. The van der Waals surface area contributed by atoms with Crippen LogP contribution in [-0.4, -0.2) is 22.1 Å². The van der Waals surface area contributed by atoms with E-state index < -0.39 is 5.97 Å². The van der Waals surface area contributed by atoms with Gasteiger partial charge >= 0.3 is 5.97 Å². The van der Waals surface area contributed by atoms with E-state index in [9.17, 15) is 4.79 Å². The minimum atomic E-state index is -0.472. The maximum Gasteiger partial charge on any atom is 0.360 e. The second-order valence-corrected chi connectivity index (χ2v) is 3.88. The van der Waals surface area contributed by atoms with E-state index in [1.165, 1.54) is 0 Å². The Kier molecular flexibility index (Phi) is 4.31. The monoisotopic (exact) mass is 237 g/mol. The number of nitrogen functional groups attached to an aromatic ring is 1. The lowest BCUT2D eigenvalue weighted by Crippen LogP contribution is -2.10. The first-order valence-corrected chi connectivity index (χ1v) is 5.67. The third-order valence-electron chi connectivity index (χ3n) is 2.30. The van der Waals surface area contributed by atoms with Crippen LogP contribution in [0.25, 0.3) is 0 Å². The van der Waals surface area contributed by atoms with Crippen LogP contribution in [0.1, 0.15) is 37.1 Å². The molecule has 0 spiro atoms. The number of hydrogen-bond acceptors (Lipinski definition) is 4. The molecule has 0 aliphatic heterocycles. The predicted octanol–water partition coefficient (Wildman–Crippen LogP) is 1.78. The number of rotatable bonds is 5. The highest BCUT2D eigenvalue weighted by atomic mass is 16.5. The molecule has 2 N–H and O–H groups in total. The first-order valence-electron chi connectivity index (χ1n) is 5.67. The van der Waals surface area contributed by atoms with E-state index in [0.717, 1.165) is 11.4 Å². The average molecular weight is 237 g/mol. The summed E-state index contributed by atoms with van der Waals surface area (Å²) in [5.74, 6) is 0.650. The van der Waals surface area contributed by atoms with E-state index in [4.69, 9.17) is 10.5 Å². The molecule has 1 aromatic rings. The van der Waals surface area contributed by atoms with Crippen molar-refractivity contribution in [2.24, 2.45) is 0 Å². The van der Waals surface area contributed by atoms with Crippen LogP contribution >= 0.6 is 0 Å². The van der Waals surface area contributed by atoms with Crippen LogP contribution in [0.15, 0.2) is 12.2 Å². The molecule has 0 amide bonds. The molecule has 0 saturated carbocycles. The SMILES string of the molecule is C=C(C)Cn1c(CC)nc(C(=O)OCC)c1N. The Labute approximate surface area is 101 Å². The van der Waals surface area contributed by atoms with Gasteiger partial charge in [0.2, 0.25) is 0 Å². The third kappa shape index (κ3) is 2.87. The van der Waals surface area contributed by atoms with E-state index in [1.54, 1.807) is 11.5 Å². The van der Waals surface area contributed by atoms with Gasteiger partial charge in [-0.2, -0.15) is 0 Å². The normalized spacial score (nSPS) is 10.3. The summed E-state index contributed by atoms with van der Waals surface area (Å²) in [6, 6.07) is 0. The van der Waals surface area contributed by atoms with Crippen molar-refractivity contribution in [1.29, 1.82) is 0 Å². The molecule has 0 aromatic carbocycles. The lowest BCUT2D eigenvalue weighted by atomic mass is 10.3. The summed E-state index contributed by atoms with van der Waals surface area (Å²) in [5.41, 5.74) is 7.07. The number of carbonyl (C=O) groups is 1. The van der Waals surface area contributed by atoms with Gasteiger partial charge in [0.1, 0.15) is 11.6 Å². The molecule has 0 aliphatic carbocycles. The van der Waals surface area contributed by atoms with E-state index in [-0.39, 0.29) is 5.69 Å². The topological polar surface area (TPSA) is 70.1 Å². The lowest BCUT2D eigenvalue weighted by molar-refractivity contribution is 0.0521. The molecule has 5 nitrogen and oxygen atoms in total. The molecule has 5 heteroatoms. The van der Waals surface area contributed by atoms with Gasteiger partial charge in [-0.05, 0) is 13.8 Å². The Morgan fingerprint density at radius 2 is 2.18 bits per heavy atom. The number of aryl methyl sites for hydroxylation is 1. The average Bonchev–Trinajstić information content (AvgIpc) is 2.56. The molecule has 0 unspecified atom stereocenters. The Morgan fingerprint density at radius 3 is 2.65 bits per heavy atom. The van der Waals surface area contributed by atoms with Crippen LogP contribution in [0.4, 0.5) is 5.82 Å². The number of aromatic nitrogens is 2. The number of esters is 1. The van der Waals surface area contributed by atoms with Gasteiger partial charge in [-0.25, -0.2) is 9.78 Å². The van der Waals surface area contributed by atoms with Gasteiger partial charge in [-0.15, -0.1) is 0 Å². The van der Waals surface area contributed by atoms with Crippen molar-refractivity contribution in [1.82, 2.24) is 9.55 Å². The second-order valence-electron chi connectivity index (χ2n) is 3.88. The largest absolute Gasteiger partial charge is 0.461 e. The van der Waals surface area contributed by atoms with Crippen molar-refractivity contribution in [3.8, 4) is 0 Å². The zero-order chi connectivity index (χ0) is 13.0. The fourth-order valence-electron chi connectivity index (χ4n) is 1.58. The van der Waals surface area contributed by atoms with Gasteiger partial charge in [0.25, 0.3) is 0 Å². The zero-order valence-corrected chi connectivity index (χ0v) is 10.6. The van der Waals surface area contributed by atoms with Gasteiger partial charge in [-0.1, -0.05) is 19.1 Å². The van der Waals surface area contributed by atoms with E-state index in [1.807, 2.05) is 13.8 Å². The molecule has 1 aromatic heterocycles. The Hall–Kier alpha value is -1.78. The molecule has 0 bridgehead atoms. The molecule has 1 rings (SSSR count). The van der Waals surface area contributed by atoms with Gasteiger partial charge in [0.15, 0.2) is 5.69 Å². The summed E-state index contributed by atoms with van der Waals surface area (Å²) in [4.78, 5) is 15.9. The van der Waals surface area contributed by atoms with E-state index in [2.05, 4.69) is 11.6 Å². The van der Waals surface area contributed by atoms with Gasteiger partial charge in [0, 0.05) is 13.0 Å². The molecular formula is C12H19N3O2. The van der Waals surface area contributed by atoms with Crippen LogP contribution in [0, 0.1) is 0 Å². The summed E-state index contributed by atoms with van der Waals surface area (Å²) >= 11 is 0. The number of ether oxygens (including phenoxy) is 1. The van der Waals surface area contributed by atoms with E-state index >= 15 is 0 Å². The van der Waals surface area contributed by atoms with Crippen LogP contribution in [0.2, 0.25) is 0 Å². The van der Waals surface area contributed by atoms with Crippen molar-refractivity contribution >= 4 is 11.8 Å². The quantitative estimate of drug-likeness (QED) is 0.626. The molecule has 1 heterocycles. The first-order chi connectivity index (χ1) is 8.01. The summed E-state index contributed by atoms with van der Waals surface area (Å²) < 4.78 is 6.71. The van der Waals surface area contributed by atoms with Gasteiger partial charge in [-0.3, -0.25) is 0 Å². The summed E-state index contributed by atoms with van der Waals surface area (Å²) in [6.07, 6.45) is 0.705. The summed E-state index contributed by atoms with van der Waals surface area (Å²) in [6.45, 7) is 10.3. The van der Waals surface area contributed by atoms with Crippen molar-refractivity contribution in [3.63, 3.8) is 0 Å². The number of imidazole rings is 1. The standard InChI is InChI=1S/C12H19N3O2/c1-5-9-14-10(12(16)17-6-2)11(13)15(9)7-8(3)4/h3,5-7,13H2,1-2,4H3. The summed E-state index contributed by atoms with van der Waals surface area (Å²) in [7, 11) is 0. The second kappa shape index (κ2) is 5.52. The van der Waals surface area contributed by atoms with Crippen LogP contribution in [0.5, 0.6) is 0 Å². The molecular weight excluding hydrogens is 218 g/mol. The van der Waals surface area contributed by atoms with E-state index in [0.29, 0.717) is 25.4 Å². The highest BCUT2D eigenvalue weighted by Gasteiger charge is 2.20. The van der Waals surface area contributed by atoms with Crippen molar-refractivity contribution < 1.29 is 9.53 Å². The van der Waals surface area contributed by atoms with Crippen molar-refractivity contribution in [2.75, 3.05) is 12.3 Å². The minimum absolute atomic E-state index is 0.199. The van der Waals surface area contributed by atoms with Crippen molar-refractivity contribution in [2.45, 2.75) is 33.7 Å². The van der Waals surface area contributed by atoms with Crippen LogP contribution in [-0.2, 0) is 17.7 Å². The smallest absolute Gasteiger partial charge is 0.360 e. The zero-order valence-electron chi connectivity index (χ0n) is 10.6. The molecule has 0 atom stereocenters. The summed E-state index contributed by atoms with van der Waals surface area (Å²) in [5, 5.41) is 0. The number of anilines is 1. The molecule has 94 valence electrons. The lowest BCUT2D eigenvalue weighted by Gasteiger charge is -2.08.